The summed E-state index contributed by atoms with van der Waals surface area (Å²) < 4.78 is 33.4. The molecule has 24 nitrogen and oxygen atoms in total. The predicted molar refractivity (Wildman–Crippen MR) is 224 cm³/mol. The molecule has 4 aliphatic heterocycles. The van der Waals surface area contributed by atoms with E-state index >= 15 is 0 Å². The Morgan fingerprint density at radius 2 is 0.773 bits per heavy atom. The number of hydrogen-bond donors (Lipinski definition) is 16. The summed E-state index contributed by atoms with van der Waals surface area (Å²) in [5, 5.41) is 149. The molecule has 26 heteroatoms. The third-order valence-electron chi connectivity index (χ3n) is 11.3. The Morgan fingerprint density at radius 3 is 1.09 bits per heavy atom. The average molecular weight is 981 g/mol. The molecule has 4 saturated heterocycles. The van der Waals surface area contributed by atoms with Crippen molar-refractivity contribution in [2.45, 2.75) is 144 Å². The summed E-state index contributed by atoms with van der Waals surface area (Å²) in [6.07, 6.45) is -28.6. The van der Waals surface area contributed by atoms with E-state index in [4.69, 9.17) is 28.4 Å². The van der Waals surface area contributed by atoms with Crippen LogP contribution in [0.4, 0.5) is 11.4 Å². The van der Waals surface area contributed by atoms with E-state index < -0.39 is 159 Å². The summed E-state index contributed by atoms with van der Waals surface area (Å²) in [5.74, 6) is -0.948. The minimum Gasteiger partial charge on any atom is -0.394 e. The summed E-state index contributed by atoms with van der Waals surface area (Å²) in [6, 6.07) is 12.6. The van der Waals surface area contributed by atoms with E-state index in [1.165, 1.54) is 0 Å². The van der Waals surface area contributed by atoms with Crippen molar-refractivity contribution in [3.05, 3.63) is 48.5 Å². The highest BCUT2D eigenvalue weighted by Gasteiger charge is 2.52. The first-order valence-electron chi connectivity index (χ1n) is 20.8. The smallest absolute Gasteiger partial charge is 0.224 e. The zero-order valence-electron chi connectivity index (χ0n) is 34.8. The number of carbonyl (C=O) groups is 2. The van der Waals surface area contributed by atoms with Gasteiger partial charge < -0.3 is 111 Å². The van der Waals surface area contributed by atoms with Crippen molar-refractivity contribution in [2.75, 3.05) is 37.1 Å². The van der Waals surface area contributed by atoms with E-state index in [-0.39, 0.29) is 12.8 Å². The van der Waals surface area contributed by atoms with Crippen LogP contribution < -0.4 is 10.6 Å². The molecule has 0 unspecified atom stereocenters. The van der Waals surface area contributed by atoms with Gasteiger partial charge >= 0.3 is 0 Å². The number of nitrogens with one attached hydrogen (secondary N) is 2. The lowest BCUT2D eigenvalue weighted by Gasteiger charge is -2.46. The van der Waals surface area contributed by atoms with E-state index in [1.54, 1.807) is 48.5 Å². The van der Waals surface area contributed by atoms with E-state index in [1.807, 2.05) is 0 Å². The Balaban J connectivity index is 0.927. The highest BCUT2D eigenvalue weighted by molar-refractivity contribution is 8.00. The van der Waals surface area contributed by atoms with Crippen molar-refractivity contribution in [1.29, 1.82) is 0 Å². The number of aliphatic hydroxyl groups is 14. The van der Waals surface area contributed by atoms with Gasteiger partial charge in [0.2, 0.25) is 11.8 Å². The summed E-state index contributed by atoms with van der Waals surface area (Å²) in [7, 11) is 0. The van der Waals surface area contributed by atoms with Crippen molar-refractivity contribution in [2.24, 2.45) is 0 Å². The summed E-state index contributed by atoms with van der Waals surface area (Å²) in [5.41, 5.74) is -1.49. The highest BCUT2D eigenvalue weighted by Crippen LogP contribution is 2.38. The van der Waals surface area contributed by atoms with E-state index in [0.717, 1.165) is 23.5 Å². The van der Waals surface area contributed by atoms with Crippen LogP contribution in [0.25, 0.3) is 0 Å². The van der Waals surface area contributed by atoms with Crippen LogP contribution in [0.1, 0.15) is 12.8 Å². The number of rotatable bonds is 17. The molecule has 20 atom stereocenters. The van der Waals surface area contributed by atoms with Gasteiger partial charge in [0.25, 0.3) is 0 Å². The topological polar surface area (TPSA) is 397 Å². The van der Waals surface area contributed by atoms with Crippen molar-refractivity contribution < 1.29 is 110 Å². The molecule has 2 amide bonds. The predicted octanol–water partition coefficient (Wildman–Crippen LogP) is -5.52. The Morgan fingerprint density at radius 1 is 0.439 bits per heavy atom. The molecule has 4 aliphatic rings. The first kappa shape index (κ1) is 52.6. The molecular weight excluding hydrogens is 925 g/mol. The zero-order valence-corrected chi connectivity index (χ0v) is 36.4. The first-order chi connectivity index (χ1) is 31.5. The number of thioether (sulfide) groups is 2. The quantitative estimate of drug-likeness (QED) is 0.0703. The monoisotopic (exact) mass is 980 g/mol. The molecule has 370 valence electrons. The number of benzene rings is 2. The van der Waals surface area contributed by atoms with E-state index in [9.17, 15) is 81.1 Å². The van der Waals surface area contributed by atoms with Gasteiger partial charge in [-0.15, -0.1) is 0 Å². The molecule has 0 aromatic heterocycles. The van der Waals surface area contributed by atoms with Gasteiger partial charge in [-0.2, -0.15) is 0 Å². The Kier molecular flexibility index (Phi) is 18.9. The third kappa shape index (κ3) is 12.3. The van der Waals surface area contributed by atoms with Crippen LogP contribution in [-0.2, 0) is 38.0 Å². The van der Waals surface area contributed by atoms with Crippen LogP contribution in [0.5, 0.6) is 0 Å². The second-order valence-electron chi connectivity index (χ2n) is 15.9. The maximum Gasteiger partial charge on any atom is 0.224 e. The molecule has 2 aromatic rings. The number of hydrogen-bond acceptors (Lipinski definition) is 24. The average Bonchev–Trinajstić information content (AvgIpc) is 3.31. The minimum absolute atomic E-state index is 0.183. The molecule has 0 bridgehead atoms. The fourth-order valence-corrected chi connectivity index (χ4v) is 9.60. The van der Waals surface area contributed by atoms with Crippen molar-refractivity contribution in [3.63, 3.8) is 0 Å². The van der Waals surface area contributed by atoms with Crippen molar-refractivity contribution in [3.8, 4) is 0 Å². The normalized spacial score (nSPS) is 39.5. The molecule has 66 heavy (non-hydrogen) atoms. The van der Waals surface area contributed by atoms with Gasteiger partial charge in [0.15, 0.2) is 12.6 Å². The molecule has 4 fully saturated rings. The van der Waals surface area contributed by atoms with Gasteiger partial charge in [0.1, 0.15) is 109 Å². The molecule has 0 aliphatic carbocycles. The molecule has 2 aromatic carbocycles. The largest absolute Gasteiger partial charge is 0.394 e. The zero-order chi connectivity index (χ0) is 48.0. The molecule has 16 N–H and O–H groups in total. The lowest BCUT2D eigenvalue weighted by atomic mass is 9.97. The first-order valence-corrected chi connectivity index (χ1v) is 22.5. The van der Waals surface area contributed by atoms with Gasteiger partial charge in [0, 0.05) is 34.0 Å². The second kappa shape index (κ2) is 23.7. The summed E-state index contributed by atoms with van der Waals surface area (Å²) in [4.78, 5) is 26.5. The van der Waals surface area contributed by atoms with E-state index in [0.29, 0.717) is 21.2 Å². The minimum atomic E-state index is -1.80. The summed E-state index contributed by atoms with van der Waals surface area (Å²) in [6.45, 7) is -2.83. The van der Waals surface area contributed by atoms with Gasteiger partial charge in [-0.3, -0.25) is 9.59 Å². The molecule has 0 spiro atoms. The van der Waals surface area contributed by atoms with Gasteiger partial charge in [-0.25, -0.2) is 0 Å². The Bertz CT molecular complexity index is 1720. The maximum absolute atomic E-state index is 12.7. The number of carbonyl (C=O) groups excluding carboxylic acids is 2. The number of ether oxygens (including phenoxy) is 6. The fourth-order valence-electron chi connectivity index (χ4n) is 7.48. The van der Waals surface area contributed by atoms with Crippen LogP contribution in [0.2, 0.25) is 0 Å². The summed E-state index contributed by atoms with van der Waals surface area (Å²) >= 11 is 1.97. The lowest BCUT2D eigenvalue weighted by Crippen LogP contribution is -2.64. The molecule has 0 radical (unpaired) electrons. The van der Waals surface area contributed by atoms with Gasteiger partial charge in [-0.05, 0) is 48.5 Å². The molecule has 0 saturated carbocycles. The van der Waals surface area contributed by atoms with Gasteiger partial charge in [0.05, 0.1) is 26.4 Å². The standard InChI is InChI=1S/C40H56N2O22S2/c43-11-19-25(49)27(51)31(55)37(59-19)63-35-21(13-45)61-39(33(57)29(35)53)65-17-5-1-15(2-6-17)41-23(47)9-10-24(48)42-16-3-7-18(8-4-16)66-40-34(58)30(54)36(22(14-46)62-40)64-38-32(56)28(52)26(50)20(12-44)60-38/h1-8,19-22,25-40,43-46,49-58H,9-14H2,(H,41,47)(H,42,48)/t19-,20-,21-,22-,25-,26-,27+,28+,29-,30-,31-,32-,33-,34-,35-,36-,37-,38-,39+,40+/m1/s1. The SMILES string of the molecule is O=C(CCC(=O)Nc1ccc(S[C@@H]2O[C@H](CO)[C@@H](O[C@H]3O[C@H](CO)[C@@H](O)[C@H](O)[C@H]3O)[C@H](O)[C@H]2O)cc1)Nc1ccc(S[C@@H]2O[C@H](CO)[C@@H](O[C@H]3O[C@H](CO)[C@@H](O)[C@H](O)[C@H]3O)[C@H](O)[C@H]2O)cc1. The van der Waals surface area contributed by atoms with Gasteiger partial charge in [-0.1, -0.05) is 23.5 Å². The van der Waals surface area contributed by atoms with Crippen LogP contribution in [-0.4, -0.2) is 231 Å². The Hall–Kier alpha value is -2.72. The van der Waals surface area contributed by atoms with Crippen molar-refractivity contribution in [1.82, 2.24) is 0 Å². The molecule has 4 heterocycles. The Labute approximate surface area is 384 Å². The van der Waals surface area contributed by atoms with E-state index in [2.05, 4.69) is 10.6 Å². The van der Waals surface area contributed by atoms with Crippen molar-refractivity contribution >= 4 is 46.7 Å². The van der Waals surface area contributed by atoms with Crippen LogP contribution in [0.15, 0.2) is 58.3 Å². The maximum atomic E-state index is 12.7. The second-order valence-corrected chi connectivity index (χ2v) is 18.2. The number of amides is 2. The number of aliphatic hydroxyl groups excluding tert-OH is 14. The molecular formula is C40H56N2O22S2. The molecule has 6 rings (SSSR count). The highest BCUT2D eigenvalue weighted by atomic mass is 32.2. The fraction of sp³-hybridized carbons (Fsp3) is 0.650. The van der Waals surface area contributed by atoms with Crippen LogP contribution in [0.3, 0.4) is 0 Å². The number of anilines is 2. The van der Waals surface area contributed by atoms with Crippen LogP contribution >= 0.6 is 23.5 Å². The third-order valence-corrected chi connectivity index (χ3v) is 13.6. The van der Waals surface area contributed by atoms with Crippen LogP contribution in [0, 0.1) is 0 Å². The lowest BCUT2D eigenvalue weighted by molar-refractivity contribution is -0.338.